The highest BCUT2D eigenvalue weighted by atomic mass is 35.5. The van der Waals surface area contributed by atoms with Crippen molar-refractivity contribution >= 4 is 65.8 Å². The molecule has 0 radical (unpaired) electrons. The number of benzene rings is 2. The lowest BCUT2D eigenvalue weighted by Crippen LogP contribution is -2.70. The van der Waals surface area contributed by atoms with Gasteiger partial charge < -0.3 is 14.7 Å². The van der Waals surface area contributed by atoms with Crippen molar-refractivity contribution in [3.05, 3.63) is 62.8 Å². The Morgan fingerprint density at radius 1 is 1.15 bits per heavy atom. The molecule has 46 heavy (non-hydrogen) atoms. The number of piperidine rings is 1. The van der Waals surface area contributed by atoms with E-state index < -0.39 is 20.7 Å². The van der Waals surface area contributed by atoms with Crippen molar-refractivity contribution < 1.29 is 17.7 Å². The first-order valence-corrected chi connectivity index (χ1v) is 18.9. The maximum absolute atomic E-state index is 13.0. The van der Waals surface area contributed by atoms with Crippen LogP contribution in [0.15, 0.2) is 34.9 Å². The second kappa shape index (κ2) is 10.9. The number of hydrogen-bond acceptors (Lipinski definition) is 9. The van der Waals surface area contributed by atoms with Gasteiger partial charge in [-0.3, -0.25) is 4.79 Å². The topological polar surface area (TPSA) is 117 Å². The summed E-state index contributed by atoms with van der Waals surface area (Å²) in [6, 6.07) is 9.99. The maximum Gasteiger partial charge on any atom is 0.264 e. The van der Waals surface area contributed by atoms with Crippen LogP contribution < -0.4 is 14.9 Å². The number of halogens is 2. The zero-order valence-corrected chi connectivity index (χ0v) is 28.9. The fourth-order valence-electron chi connectivity index (χ4n) is 7.20. The predicted octanol–water partition coefficient (Wildman–Crippen LogP) is 7.20. The molecule has 2 aromatic carbocycles. The number of fused-ring (bicyclic) bond motifs is 3. The first-order chi connectivity index (χ1) is 21.9. The molecule has 2 aromatic heterocycles. The molecule has 5 fully saturated rings. The number of carbonyl (C=O) groups is 1. The molecule has 2 atom stereocenters. The van der Waals surface area contributed by atoms with E-state index in [1.807, 2.05) is 25.1 Å². The highest BCUT2D eigenvalue weighted by Crippen LogP contribution is 2.49. The first-order valence-electron chi connectivity index (χ1n) is 15.9. The summed E-state index contributed by atoms with van der Waals surface area (Å²) < 4.78 is 33.5. The first kappa shape index (κ1) is 30.6. The SMILES string of the molecule is Cc1cc(C(=O)NS(=O)(=O)C2(C)CC2)cc2sc(N3C4CC(NCc5c(-c6c(Cl)cccc6Cl)noc5C5CC5)CC3C4C)nc12. The molecule has 13 heteroatoms. The second-order valence-corrected chi connectivity index (χ2v) is 17.7. The normalized spacial score (nSPS) is 25.0. The molecule has 2 bridgehead atoms. The molecule has 9 rings (SSSR count). The molecule has 1 amide bonds. The molecule has 2 unspecified atom stereocenters. The molecule has 4 aromatic rings. The number of anilines is 1. The number of nitrogens with one attached hydrogen (secondary N) is 2. The third-order valence-electron chi connectivity index (χ3n) is 10.5. The van der Waals surface area contributed by atoms with E-state index in [1.54, 1.807) is 30.4 Å². The number of amides is 1. The van der Waals surface area contributed by atoms with Gasteiger partial charge in [-0.05, 0) is 88.1 Å². The Morgan fingerprint density at radius 3 is 2.50 bits per heavy atom. The third-order valence-corrected chi connectivity index (χ3v) is 14.3. The fourth-order valence-corrected chi connectivity index (χ4v) is 10.2. The van der Waals surface area contributed by atoms with Gasteiger partial charge in [0, 0.05) is 47.3 Å². The molecule has 2 N–H and O–H groups in total. The van der Waals surface area contributed by atoms with Crippen molar-refractivity contribution in [2.45, 2.75) is 94.6 Å². The average Bonchev–Trinajstić information content (AvgIpc) is 3.92. The van der Waals surface area contributed by atoms with Crippen LogP contribution in [0.3, 0.4) is 0 Å². The van der Waals surface area contributed by atoms with Crippen LogP contribution in [0.1, 0.15) is 85.5 Å². The van der Waals surface area contributed by atoms with Gasteiger partial charge in [-0.15, -0.1) is 0 Å². The van der Waals surface area contributed by atoms with Crippen molar-refractivity contribution in [2.75, 3.05) is 4.90 Å². The van der Waals surface area contributed by atoms with E-state index in [1.165, 1.54) is 0 Å². The number of hydrogen-bond donors (Lipinski definition) is 2. The summed E-state index contributed by atoms with van der Waals surface area (Å²) in [6.07, 6.45) is 5.29. The quantitative estimate of drug-likeness (QED) is 0.188. The second-order valence-electron chi connectivity index (χ2n) is 13.7. The number of thiazole rings is 1. The summed E-state index contributed by atoms with van der Waals surface area (Å²) >= 11 is 14.7. The van der Waals surface area contributed by atoms with Gasteiger partial charge in [0.25, 0.3) is 5.91 Å². The Balaban J connectivity index is 0.987. The minimum absolute atomic E-state index is 0.320. The van der Waals surface area contributed by atoms with Gasteiger partial charge in [0.15, 0.2) is 5.13 Å². The molecule has 0 spiro atoms. The molecule has 3 aliphatic carbocycles. The molecule has 5 aliphatic rings. The highest BCUT2D eigenvalue weighted by Gasteiger charge is 2.53. The third kappa shape index (κ3) is 5.05. The van der Waals surface area contributed by atoms with Crippen molar-refractivity contribution in [2.24, 2.45) is 5.92 Å². The van der Waals surface area contributed by atoms with Gasteiger partial charge in [-0.1, -0.05) is 52.7 Å². The van der Waals surface area contributed by atoms with Crippen molar-refractivity contribution in [1.82, 2.24) is 20.2 Å². The molecule has 2 aliphatic heterocycles. The van der Waals surface area contributed by atoms with Gasteiger partial charge in [-0.25, -0.2) is 18.1 Å². The van der Waals surface area contributed by atoms with E-state index in [-0.39, 0.29) is 0 Å². The van der Waals surface area contributed by atoms with Crippen LogP contribution in [-0.2, 0) is 16.6 Å². The van der Waals surface area contributed by atoms with Gasteiger partial charge in [0.1, 0.15) is 11.5 Å². The number of aryl methyl sites for hydroxylation is 1. The van der Waals surface area contributed by atoms with Gasteiger partial charge in [-0.2, -0.15) is 0 Å². The van der Waals surface area contributed by atoms with E-state index in [9.17, 15) is 13.2 Å². The van der Waals surface area contributed by atoms with Gasteiger partial charge in [0.05, 0.1) is 25.0 Å². The predicted molar refractivity (Wildman–Crippen MR) is 181 cm³/mol. The Labute approximate surface area is 282 Å². The molecule has 3 saturated carbocycles. The number of rotatable bonds is 9. The summed E-state index contributed by atoms with van der Waals surface area (Å²) in [5.74, 6) is 1.28. The van der Waals surface area contributed by atoms with E-state index in [2.05, 4.69) is 27.0 Å². The van der Waals surface area contributed by atoms with Crippen LogP contribution in [-0.4, -0.2) is 47.3 Å². The van der Waals surface area contributed by atoms with Gasteiger partial charge >= 0.3 is 0 Å². The Kier molecular flexibility index (Phi) is 7.27. The van der Waals surface area contributed by atoms with Crippen LogP contribution in [0, 0.1) is 12.8 Å². The number of aromatic nitrogens is 2. The monoisotopic (exact) mass is 699 g/mol. The molecule has 242 valence electrons. The Morgan fingerprint density at radius 2 is 1.85 bits per heavy atom. The Bertz CT molecular complexity index is 1970. The summed E-state index contributed by atoms with van der Waals surface area (Å²) in [7, 11) is -3.71. The molecule has 2 saturated heterocycles. The van der Waals surface area contributed by atoms with Crippen LogP contribution in [0.25, 0.3) is 21.5 Å². The number of nitrogens with zero attached hydrogens (tertiary/aromatic N) is 3. The molecular weight excluding hydrogens is 665 g/mol. The lowest BCUT2D eigenvalue weighted by molar-refractivity contribution is 0.0981. The lowest BCUT2D eigenvalue weighted by atomic mass is 9.69. The summed E-state index contributed by atoms with van der Waals surface area (Å²) in [5, 5.41) is 10.3. The standard InChI is InChI=1S/C33H35Cl2N5O4S2/c1-16-11-19(31(41)39-46(42,43)33(3)9-10-33)12-26-28(16)37-32(45-26)40-24-13-20(14-25(40)17(24)2)36-15-21-29(38-44-30(21)18-7-8-18)27-22(34)5-4-6-23(27)35/h4-6,11-12,17-18,20,24-25,36H,7-10,13-15H2,1-3H3,(H,39,41). The fraction of sp³-hybridized carbons (Fsp3) is 0.485. The average molecular weight is 701 g/mol. The van der Waals surface area contributed by atoms with Crippen LogP contribution in [0.5, 0.6) is 0 Å². The van der Waals surface area contributed by atoms with Crippen molar-refractivity contribution in [3.8, 4) is 11.3 Å². The summed E-state index contributed by atoms with van der Waals surface area (Å²) in [4.78, 5) is 20.4. The maximum atomic E-state index is 13.0. The largest absolute Gasteiger partial charge is 0.360 e. The minimum Gasteiger partial charge on any atom is -0.360 e. The van der Waals surface area contributed by atoms with Crippen molar-refractivity contribution in [3.63, 3.8) is 0 Å². The number of carbonyl (C=O) groups excluding carboxylic acids is 1. The van der Waals surface area contributed by atoms with E-state index >= 15 is 0 Å². The van der Waals surface area contributed by atoms with E-state index in [4.69, 9.17) is 32.7 Å². The van der Waals surface area contributed by atoms with Crippen LogP contribution >= 0.6 is 34.5 Å². The van der Waals surface area contributed by atoms with Crippen LogP contribution in [0.4, 0.5) is 5.13 Å². The summed E-state index contributed by atoms with van der Waals surface area (Å²) in [6.45, 7) is 6.53. The smallest absolute Gasteiger partial charge is 0.264 e. The molecule has 9 nitrogen and oxygen atoms in total. The van der Waals surface area contributed by atoms with E-state index in [0.29, 0.717) is 65.0 Å². The zero-order chi connectivity index (χ0) is 32.1. The zero-order valence-electron chi connectivity index (χ0n) is 25.8. The Hall–Kier alpha value is -2.70. The number of sulfonamides is 1. The summed E-state index contributed by atoms with van der Waals surface area (Å²) in [5.41, 5.74) is 4.53. The van der Waals surface area contributed by atoms with E-state index in [0.717, 1.165) is 69.2 Å². The highest BCUT2D eigenvalue weighted by molar-refractivity contribution is 7.91. The van der Waals surface area contributed by atoms with Gasteiger partial charge in [0.2, 0.25) is 10.0 Å². The van der Waals surface area contributed by atoms with Crippen molar-refractivity contribution in [1.29, 1.82) is 0 Å². The molecular formula is C33H35Cl2N5O4S2. The van der Waals surface area contributed by atoms with Crippen LogP contribution in [0.2, 0.25) is 10.0 Å². The minimum atomic E-state index is -3.71. The lowest BCUT2D eigenvalue weighted by Gasteiger charge is -2.60. The molecule has 4 heterocycles.